The van der Waals surface area contributed by atoms with Crippen molar-refractivity contribution >= 4 is 0 Å². The second-order valence-electron chi connectivity index (χ2n) is 4.74. The third-order valence-electron chi connectivity index (χ3n) is 2.20. The Morgan fingerprint density at radius 1 is 1.42 bits per heavy atom. The van der Waals surface area contributed by atoms with E-state index < -0.39 is 0 Å². The van der Waals surface area contributed by atoms with Gasteiger partial charge in [0, 0.05) is 6.42 Å². The van der Waals surface area contributed by atoms with Crippen LogP contribution in [0.25, 0.3) is 0 Å². The summed E-state index contributed by atoms with van der Waals surface area (Å²) in [5.41, 5.74) is 0. The largest absolute Gasteiger partial charge is 0.390 e. The van der Waals surface area contributed by atoms with Gasteiger partial charge in [0.1, 0.15) is 12.6 Å². The van der Waals surface area contributed by atoms with Crippen molar-refractivity contribution in [1.29, 1.82) is 0 Å². The lowest BCUT2D eigenvalue weighted by Gasteiger charge is -2.26. The highest BCUT2D eigenvalue weighted by molar-refractivity contribution is 4.78. The van der Waals surface area contributed by atoms with E-state index in [0.29, 0.717) is 0 Å². The van der Waals surface area contributed by atoms with Crippen LogP contribution in [0.2, 0.25) is 0 Å². The summed E-state index contributed by atoms with van der Waals surface area (Å²) in [6.07, 6.45) is 0.773. The Morgan fingerprint density at radius 3 is 2.33 bits per heavy atom. The average Bonchev–Trinajstić information content (AvgIpc) is 2.07. The van der Waals surface area contributed by atoms with Crippen molar-refractivity contribution in [1.82, 2.24) is 0 Å². The van der Waals surface area contributed by atoms with Crippen molar-refractivity contribution in [3.8, 4) is 0 Å². The number of quaternary nitrogens is 1. The van der Waals surface area contributed by atoms with Gasteiger partial charge in [-0.3, -0.25) is 0 Å². The Morgan fingerprint density at radius 2 is 2.00 bits per heavy atom. The van der Waals surface area contributed by atoms with Crippen LogP contribution in [0.5, 0.6) is 0 Å². The summed E-state index contributed by atoms with van der Waals surface area (Å²) < 4.78 is 6.48. The van der Waals surface area contributed by atoms with E-state index in [9.17, 15) is 5.11 Å². The Labute approximate surface area is 74.5 Å². The summed E-state index contributed by atoms with van der Waals surface area (Å²) >= 11 is 0. The predicted molar refractivity (Wildman–Crippen MR) is 47.9 cm³/mol. The number of aliphatic hydroxyl groups excluding tert-OH is 1. The first-order valence-electron chi connectivity index (χ1n) is 4.52. The van der Waals surface area contributed by atoms with E-state index in [1.54, 1.807) is 0 Å². The molecule has 3 nitrogen and oxygen atoms in total. The number of aliphatic hydroxyl groups is 1. The van der Waals surface area contributed by atoms with Crippen LogP contribution in [0.3, 0.4) is 0 Å². The molecule has 1 N–H and O–H groups in total. The van der Waals surface area contributed by atoms with Crippen molar-refractivity contribution in [2.24, 2.45) is 0 Å². The first-order chi connectivity index (χ1) is 5.38. The minimum absolute atomic E-state index is 0.0153. The molecule has 72 valence electrons. The Kier molecular flexibility index (Phi) is 2.76. The van der Waals surface area contributed by atoms with E-state index >= 15 is 0 Å². The minimum Gasteiger partial charge on any atom is -0.390 e. The summed E-state index contributed by atoms with van der Waals surface area (Å²) in [4.78, 5) is 0. The Balaban J connectivity index is 2.38. The van der Waals surface area contributed by atoms with Crippen LogP contribution in [0.15, 0.2) is 0 Å². The summed E-state index contributed by atoms with van der Waals surface area (Å²) in [7, 11) is 6.41. The number of rotatable bonds is 2. The van der Waals surface area contributed by atoms with Gasteiger partial charge >= 0.3 is 0 Å². The van der Waals surface area contributed by atoms with Crippen molar-refractivity contribution in [3.63, 3.8) is 0 Å². The summed E-state index contributed by atoms with van der Waals surface area (Å²) in [5, 5.41) is 9.43. The highest BCUT2D eigenvalue weighted by atomic mass is 16.5. The third kappa shape index (κ3) is 2.73. The van der Waals surface area contributed by atoms with Gasteiger partial charge in [0.2, 0.25) is 0 Å². The Hall–Kier alpha value is -0.120. The molecule has 0 aromatic rings. The monoisotopic (exact) mass is 174 g/mol. The van der Waals surface area contributed by atoms with E-state index in [1.165, 1.54) is 0 Å². The van der Waals surface area contributed by atoms with Gasteiger partial charge in [0.25, 0.3) is 0 Å². The molecule has 0 amide bonds. The molecule has 1 aliphatic rings. The van der Waals surface area contributed by atoms with Crippen LogP contribution in [0, 0.1) is 0 Å². The smallest absolute Gasteiger partial charge is 0.109 e. The molecule has 0 aliphatic carbocycles. The van der Waals surface area contributed by atoms with E-state index in [1.807, 2.05) is 6.92 Å². The zero-order chi connectivity index (χ0) is 9.35. The number of nitrogens with zero attached hydrogens (tertiary/aromatic N) is 1. The van der Waals surface area contributed by atoms with Crippen LogP contribution < -0.4 is 0 Å². The number of hydrogen-bond donors (Lipinski definition) is 1. The van der Waals surface area contributed by atoms with Gasteiger partial charge in [-0.25, -0.2) is 0 Å². The molecule has 1 unspecified atom stereocenters. The molecule has 0 spiro atoms. The zero-order valence-corrected chi connectivity index (χ0v) is 8.45. The molecule has 1 rings (SSSR count). The van der Waals surface area contributed by atoms with Crippen molar-refractivity contribution in [2.75, 3.05) is 27.7 Å². The maximum atomic E-state index is 9.43. The predicted octanol–water partition coefficient (Wildman–Crippen LogP) is 0.231. The summed E-state index contributed by atoms with van der Waals surface area (Å²) in [5.74, 6) is 0. The zero-order valence-electron chi connectivity index (χ0n) is 8.45. The van der Waals surface area contributed by atoms with Crippen LogP contribution in [0.1, 0.15) is 13.3 Å². The lowest BCUT2D eigenvalue weighted by atomic mass is 10.1. The van der Waals surface area contributed by atoms with Crippen LogP contribution in [-0.4, -0.2) is 55.6 Å². The quantitative estimate of drug-likeness (QED) is 0.607. The number of likely N-dealkylation sites (N-methyl/N-ethyl adjacent to an activating group) is 1. The molecule has 1 aliphatic heterocycles. The molecular weight excluding hydrogens is 154 g/mol. The van der Waals surface area contributed by atoms with E-state index in [-0.39, 0.29) is 18.3 Å². The van der Waals surface area contributed by atoms with Crippen molar-refractivity contribution in [2.45, 2.75) is 31.7 Å². The highest BCUT2D eigenvalue weighted by Gasteiger charge is 2.33. The minimum atomic E-state index is -0.262. The van der Waals surface area contributed by atoms with Crippen LogP contribution in [-0.2, 0) is 4.74 Å². The van der Waals surface area contributed by atoms with Gasteiger partial charge < -0.3 is 14.3 Å². The van der Waals surface area contributed by atoms with Crippen LogP contribution in [0.4, 0.5) is 0 Å². The molecule has 0 aromatic carbocycles. The fourth-order valence-corrected chi connectivity index (χ4v) is 1.64. The summed E-state index contributed by atoms with van der Waals surface area (Å²) in [6, 6.07) is 0. The average molecular weight is 174 g/mol. The maximum absolute atomic E-state index is 9.43. The number of ether oxygens (including phenoxy) is 1. The van der Waals surface area contributed by atoms with Crippen molar-refractivity contribution in [3.05, 3.63) is 0 Å². The van der Waals surface area contributed by atoms with Crippen molar-refractivity contribution < 1.29 is 14.3 Å². The first kappa shape index (κ1) is 9.96. The van der Waals surface area contributed by atoms with E-state index in [4.69, 9.17) is 4.74 Å². The first-order valence-corrected chi connectivity index (χ1v) is 4.52. The fraction of sp³-hybridized carbons (Fsp3) is 1.00. The van der Waals surface area contributed by atoms with E-state index in [0.717, 1.165) is 17.4 Å². The maximum Gasteiger partial charge on any atom is 0.109 e. The molecule has 1 heterocycles. The van der Waals surface area contributed by atoms with E-state index in [2.05, 4.69) is 21.1 Å². The number of hydrogen-bond acceptors (Lipinski definition) is 2. The van der Waals surface area contributed by atoms with Gasteiger partial charge in [-0.1, -0.05) is 0 Å². The molecule has 1 fully saturated rings. The normalized spacial score (nSPS) is 37.2. The summed E-state index contributed by atoms with van der Waals surface area (Å²) in [6.45, 7) is 2.90. The molecule has 12 heavy (non-hydrogen) atoms. The van der Waals surface area contributed by atoms with Gasteiger partial charge in [0.05, 0.1) is 33.4 Å². The second-order valence-corrected chi connectivity index (χ2v) is 4.74. The fourth-order valence-electron chi connectivity index (χ4n) is 1.64. The van der Waals surface area contributed by atoms with Gasteiger partial charge in [-0.2, -0.15) is 0 Å². The second kappa shape index (κ2) is 3.32. The molecule has 0 saturated carbocycles. The lowest BCUT2D eigenvalue weighted by Crippen LogP contribution is -2.41. The van der Waals surface area contributed by atoms with Gasteiger partial charge in [0.15, 0.2) is 0 Å². The van der Waals surface area contributed by atoms with Crippen LogP contribution >= 0.6 is 0 Å². The SMILES string of the molecule is C[C@@H]1O[C@H](C[N+](C)(C)C)CC1O. The molecule has 0 aromatic heterocycles. The molecule has 3 atom stereocenters. The third-order valence-corrected chi connectivity index (χ3v) is 2.20. The molecular formula is C9H20NO2+. The highest BCUT2D eigenvalue weighted by Crippen LogP contribution is 2.21. The van der Waals surface area contributed by atoms with Gasteiger partial charge in [-0.05, 0) is 6.92 Å². The topological polar surface area (TPSA) is 29.5 Å². The lowest BCUT2D eigenvalue weighted by molar-refractivity contribution is -0.873. The van der Waals surface area contributed by atoms with Gasteiger partial charge in [-0.15, -0.1) is 0 Å². The molecule has 3 heteroatoms. The Bertz CT molecular complexity index is 143. The molecule has 1 saturated heterocycles. The standard InChI is InChI=1S/C9H20NO2/c1-7-9(11)5-8(12-7)6-10(2,3)4/h7-9,11H,5-6H2,1-4H3/q+1/t7-,8-,9?/m0/s1. The molecule has 0 radical (unpaired) electrons. The molecule has 0 bridgehead atoms.